The van der Waals surface area contributed by atoms with E-state index in [9.17, 15) is 14.0 Å². The summed E-state index contributed by atoms with van der Waals surface area (Å²) in [5.74, 6) is -2.77. The number of hydrogen-bond acceptors (Lipinski definition) is 5. The number of nitrogens with one attached hydrogen (secondary N) is 1. The van der Waals surface area contributed by atoms with E-state index in [4.69, 9.17) is 5.73 Å². The van der Waals surface area contributed by atoms with Crippen LogP contribution >= 0.6 is 0 Å². The summed E-state index contributed by atoms with van der Waals surface area (Å²) in [6, 6.07) is 5.12. The number of nitrogens with two attached hydrogens (primary N) is 1. The minimum absolute atomic E-state index is 0.00846. The summed E-state index contributed by atoms with van der Waals surface area (Å²) in [7, 11) is 0. The third kappa shape index (κ3) is 1.73. The van der Waals surface area contributed by atoms with Crippen LogP contribution in [0.5, 0.6) is 0 Å². The molecular formula is C11H8FN5O2. The van der Waals surface area contributed by atoms with Crippen molar-refractivity contribution < 1.29 is 14.0 Å². The quantitative estimate of drug-likeness (QED) is 0.722. The van der Waals surface area contributed by atoms with E-state index < -0.39 is 23.5 Å². The monoisotopic (exact) mass is 261 g/mol. The fourth-order valence-corrected chi connectivity index (χ4v) is 1.93. The van der Waals surface area contributed by atoms with E-state index in [1.807, 2.05) is 0 Å². The maximum atomic E-state index is 12.9. The standard InChI is InChI=1S/C11H8FN5O2/c12-6-3-1-5(2-4-6)7-8(18)14-11-15-10(13)16-17(11)9(7)19/h1-4,7H,(H3,13,14,15,16,18). The number of rotatable bonds is 1. The van der Waals surface area contributed by atoms with Gasteiger partial charge < -0.3 is 5.73 Å². The summed E-state index contributed by atoms with van der Waals surface area (Å²) in [6.45, 7) is 0. The predicted octanol–water partition coefficient (Wildman–Crippen LogP) is 0.375. The van der Waals surface area contributed by atoms with Crippen molar-refractivity contribution in [2.45, 2.75) is 5.92 Å². The number of halogens is 1. The zero-order valence-corrected chi connectivity index (χ0v) is 9.50. The number of carbonyl (C=O) groups is 2. The van der Waals surface area contributed by atoms with Crippen LogP contribution in [0.25, 0.3) is 0 Å². The van der Waals surface area contributed by atoms with E-state index in [0.717, 1.165) is 4.68 Å². The first kappa shape index (κ1) is 11.3. The van der Waals surface area contributed by atoms with Crippen molar-refractivity contribution in [1.82, 2.24) is 14.8 Å². The smallest absolute Gasteiger partial charge is 0.267 e. The SMILES string of the molecule is Nc1nc2n(n1)C(=O)C(c1ccc(F)cc1)C(=O)N2. The van der Waals surface area contributed by atoms with Crippen molar-refractivity contribution in [2.75, 3.05) is 11.1 Å². The van der Waals surface area contributed by atoms with Gasteiger partial charge in [0, 0.05) is 0 Å². The Bertz CT molecular complexity index is 679. The number of carbonyl (C=O) groups excluding carboxylic acids is 2. The van der Waals surface area contributed by atoms with Crippen LogP contribution in [0.3, 0.4) is 0 Å². The van der Waals surface area contributed by atoms with Gasteiger partial charge in [0.2, 0.25) is 17.8 Å². The second kappa shape index (κ2) is 3.87. The normalized spacial score (nSPS) is 18.1. The Morgan fingerprint density at radius 2 is 1.95 bits per heavy atom. The molecule has 0 saturated carbocycles. The number of aromatic nitrogens is 3. The summed E-state index contributed by atoms with van der Waals surface area (Å²) in [5, 5.41) is 6.14. The van der Waals surface area contributed by atoms with Crippen molar-refractivity contribution in [3.05, 3.63) is 35.6 Å². The number of anilines is 2. The van der Waals surface area contributed by atoms with Gasteiger partial charge in [0.1, 0.15) is 11.7 Å². The summed E-state index contributed by atoms with van der Waals surface area (Å²) in [6.07, 6.45) is 0. The van der Waals surface area contributed by atoms with Crippen LogP contribution in [0.2, 0.25) is 0 Å². The molecule has 0 aliphatic carbocycles. The number of nitrogens with zero attached hydrogens (tertiary/aromatic N) is 3. The molecule has 3 N–H and O–H groups in total. The summed E-state index contributed by atoms with van der Waals surface area (Å²) in [4.78, 5) is 27.8. The second-order valence-electron chi connectivity index (χ2n) is 4.02. The van der Waals surface area contributed by atoms with Crippen LogP contribution < -0.4 is 11.1 Å². The molecule has 3 rings (SSSR count). The van der Waals surface area contributed by atoms with Gasteiger partial charge in [-0.25, -0.2) is 4.39 Å². The van der Waals surface area contributed by atoms with E-state index >= 15 is 0 Å². The summed E-state index contributed by atoms with van der Waals surface area (Å²) < 4.78 is 13.8. The van der Waals surface area contributed by atoms with Crippen LogP contribution in [0, 0.1) is 5.82 Å². The molecule has 2 aromatic rings. The van der Waals surface area contributed by atoms with Gasteiger partial charge in [0.15, 0.2) is 0 Å². The van der Waals surface area contributed by atoms with Crippen LogP contribution in [0.1, 0.15) is 16.3 Å². The molecule has 19 heavy (non-hydrogen) atoms. The molecule has 0 spiro atoms. The Morgan fingerprint density at radius 1 is 1.26 bits per heavy atom. The van der Waals surface area contributed by atoms with Gasteiger partial charge in [-0.3, -0.25) is 14.9 Å². The average Bonchev–Trinajstić information content (AvgIpc) is 2.72. The number of fused-ring (bicyclic) bond motifs is 1. The molecule has 0 fully saturated rings. The number of amides is 1. The van der Waals surface area contributed by atoms with Gasteiger partial charge in [0.25, 0.3) is 5.91 Å². The van der Waals surface area contributed by atoms with E-state index in [1.165, 1.54) is 24.3 Å². The summed E-state index contributed by atoms with van der Waals surface area (Å²) >= 11 is 0. The first-order chi connectivity index (χ1) is 9.06. The van der Waals surface area contributed by atoms with Crippen molar-refractivity contribution in [3.8, 4) is 0 Å². The minimum Gasteiger partial charge on any atom is -0.366 e. The molecule has 1 unspecified atom stereocenters. The molecule has 1 atom stereocenters. The zero-order chi connectivity index (χ0) is 13.6. The van der Waals surface area contributed by atoms with E-state index in [2.05, 4.69) is 15.4 Å². The zero-order valence-electron chi connectivity index (χ0n) is 9.50. The Hall–Kier alpha value is -2.77. The molecular weight excluding hydrogens is 253 g/mol. The highest BCUT2D eigenvalue weighted by atomic mass is 19.1. The lowest BCUT2D eigenvalue weighted by Gasteiger charge is -2.20. The van der Waals surface area contributed by atoms with Crippen LogP contribution in [-0.2, 0) is 4.79 Å². The number of nitrogen functional groups attached to an aromatic ring is 1. The molecule has 8 heteroatoms. The largest absolute Gasteiger partial charge is 0.366 e. The Morgan fingerprint density at radius 3 is 2.63 bits per heavy atom. The van der Waals surface area contributed by atoms with Crippen molar-refractivity contribution in [2.24, 2.45) is 0 Å². The molecule has 1 aromatic carbocycles. The molecule has 0 saturated heterocycles. The van der Waals surface area contributed by atoms with Gasteiger partial charge in [-0.05, 0) is 17.7 Å². The second-order valence-corrected chi connectivity index (χ2v) is 4.02. The van der Waals surface area contributed by atoms with Crippen molar-refractivity contribution >= 4 is 23.7 Å². The molecule has 1 amide bonds. The molecule has 1 aliphatic rings. The predicted molar refractivity (Wildman–Crippen MR) is 62.8 cm³/mol. The van der Waals surface area contributed by atoms with Crippen molar-refractivity contribution in [3.63, 3.8) is 0 Å². The first-order valence-electron chi connectivity index (χ1n) is 5.39. The van der Waals surface area contributed by atoms with Gasteiger partial charge in [-0.2, -0.15) is 9.67 Å². The Kier molecular flexibility index (Phi) is 2.31. The fourth-order valence-electron chi connectivity index (χ4n) is 1.93. The van der Waals surface area contributed by atoms with Gasteiger partial charge >= 0.3 is 0 Å². The highest BCUT2D eigenvalue weighted by Gasteiger charge is 2.37. The van der Waals surface area contributed by atoms with Gasteiger partial charge in [-0.15, -0.1) is 5.10 Å². The Balaban J connectivity index is 2.06. The molecule has 96 valence electrons. The molecule has 7 nitrogen and oxygen atoms in total. The van der Waals surface area contributed by atoms with Crippen LogP contribution in [0.15, 0.2) is 24.3 Å². The molecule has 1 aromatic heterocycles. The van der Waals surface area contributed by atoms with E-state index in [1.54, 1.807) is 0 Å². The minimum atomic E-state index is -1.09. The topological polar surface area (TPSA) is 103 Å². The average molecular weight is 261 g/mol. The van der Waals surface area contributed by atoms with Gasteiger partial charge in [-0.1, -0.05) is 12.1 Å². The van der Waals surface area contributed by atoms with E-state index in [0.29, 0.717) is 5.56 Å². The summed E-state index contributed by atoms with van der Waals surface area (Å²) in [5.41, 5.74) is 5.75. The molecule has 1 aliphatic heterocycles. The number of hydrogen-bond donors (Lipinski definition) is 2. The molecule has 0 bridgehead atoms. The lowest BCUT2D eigenvalue weighted by molar-refractivity contribution is -0.117. The highest BCUT2D eigenvalue weighted by molar-refractivity contribution is 6.15. The first-order valence-corrected chi connectivity index (χ1v) is 5.39. The fraction of sp³-hybridized carbons (Fsp3) is 0.0909. The third-order valence-corrected chi connectivity index (χ3v) is 2.78. The molecule has 0 radical (unpaired) electrons. The van der Waals surface area contributed by atoms with Crippen LogP contribution in [-0.4, -0.2) is 26.6 Å². The third-order valence-electron chi connectivity index (χ3n) is 2.78. The van der Waals surface area contributed by atoms with Crippen molar-refractivity contribution in [1.29, 1.82) is 0 Å². The van der Waals surface area contributed by atoms with E-state index in [-0.39, 0.29) is 11.9 Å². The Labute approximate surface area is 106 Å². The maximum Gasteiger partial charge on any atom is 0.267 e. The lowest BCUT2D eigenvalue weighted by atomic mass is 9.96. The van der Waals surface area contributed by atoms with Gasteiger partial charge in [0.05, 0.1) is 0 Å². The maximum absolute atomic E-state index is 12.9. The number of benzene rings is 1. The lowest BCUT2D eigenvalue weighted by Crippen LogP contribution is -2.38. The van der Waals surface area contributed by atoms with Crippen LogP contribution in [0.4, 0.5) is 16.3 Å². The molecule has 2 heterocycles. The highest BCUT2D eigenvalue weighted by Crippen LogP contribution is 2.25.